The number of carbonyl (C=O) groups excluding carboxylic acids is 1. The number of hydrogen-bond donors (Lipinski definition) is 2. The number of likely N-dealkylation sites (N-methyl/N-ethyl adjacent to an activating group) is 1. The molecule has 0 aliphatic carbocycles. The molecule has 1 amide bonds. The Morgan fingerprint density at radius 1 is 1.80 bits per heavy atom. The molecular formula is C7H12N2O. The lowest BCUT2D eigenvalue weighted by atomic mass is 10.2. The van der Waals surface area contributed by atoms with Crippen molar-refractivity contribution in [3.05, 3.63) is 11.8 Å². The SMILES string of the molecule is CNC(=O)C1=CCCCN1. The van der Waals surface area contributed by atoms with Crippen LogP contribution in [0.5, 0.6) is 0 Å². The molecule has 56 valence electrons. The molecule has 1 aliphatic heterocycles. The normalized spacial score (nSPS) is 17.1. The average Bonchev–Trinajstić information content (AvgIpc) is 2.05. The molecule has 10 heavy (non-hydrogen) atoms. The highest BCUT2D eigenvalue weighted by Gasteiger charge is 2.08. The van der Waals surface area contributed by atoms with Gasteiger partial charge in [0.05, 0.1) is 5.70 Å². The quantitative estimate of drug-likeness (QED) is 0.538. The molecule has 1 rings (SSSR count). The molecule has 0 unspecified atom stereocenters. The maximum Gasteiger partial charge on any atom is 0.266 e. The Hall–Kier alpha value is -0.990. The summed E-state index contributed by atoms with van der Waals surface area (Å²) in [6, 6.07) is 0. The minimum absolute atomic E-state index is 0.0142. The van der Waals surface area contributed by atoms with E-state index in [2.05, 4.69) is 10.6 Å². The summed E-state index contributed by atoms with van der Waals surface area (Å²) in [6.45, 7) is 0.916. The van der Waals surface area contributed by atoms with Crippen LogP contribution in [0.2, 0.25) is 0 Å². The highest BCUT2D eigenvalue weighted by Crippen LogP contribution is 2.01. The van der Waals surface area contributed by atoms with Crippen molar-refractivity contribution in [2.24, 2.45) is 0 Å². The summed E-state index contributed by atoms with van der Waals surface area (Å²) in [5.41, 5.74) is 0.716. The summed E-state index contributed by atoms with van der Waals surface area (Å²) in [6.07, 6.45) is 4.07. The average molecular weight is 140 g/mol. The number of allylic oxidation sites excluding steroid dienone is 1. The van der Waals surface area contributed by atoms with Crippen LogP contribution in [-0.2, 0) is 4.79 Å². The minimum atomic E-state index is -0.0142. The van der Waals surface area contributed by atoms with Crippen LogP contribution in [0, 0.1) is 0 Å². The number of amides is 1. The molecule has 0 saturated carbocycles. The van der Waals surface area contributed by atoms with E-state index in [4.69, 9.17) is 0 Å². The fraction of sp³-hybridized carbons (Fsp3) is 0.571. The maximum absolute atomic E-state index is 10.9. The lowest BCUT2D eigenvalue weighted by Crippen LogP contribution is -2.31. The fourth-order valence-electron chi connectivity index (χ4n) is 0.951. The molecule has 0 saturated heterocycles. The second kappa shape index (κ2) is 3.25. The summed E-state index contributed by atoms with van der Waals surface area (Å²) in [5, 5.41) is 5.58. The molecule has 1 heterocycles. The number of rotatable bonds is 1. The molecule has 3 nitrogen and oxygen atoms in total. The van der Waals surface area contributed by atoms with Crippen LogP contribution in [0.1, 0.15) is 12.8 Å². The number of nitrogens with one attached hydrogen (secondary N) is 2. The van der Waals surface area contributed by atoms with Gasteiger partial charge < -0.3 is 10.6 Å². The van der Waals surface area contributed by atoms with E-state index < -0.39 is 0 Å². The van der Waals surface area contributed by atoms with Crippen molar-refractivity contribution in [3.8, 4) is 0 Å². The van der Waals surface area contributed by atoms with Gasteiger partial charge >= 0.3 is 0 Å². The lowest BCUT2D eigenvalue weighted by molar-refractivity contribution is -0.117. The summed E-state index contributed by atoms with van der Waals surface area (Å²) >= 11 is 0. The minimum Gasteiger partial charge on any atom is -0.381 e. The standard InChI is InChI=1S/C7H12N2O/c1-8-7(10)6-4-2-3-5-9-6/h4,9H,2-3,5H2,1H3,(H,8,10). The van der Waals surface area contributed by atoms with Crippen molar-refractivity contribution < 1.29 is 4.79 Å². The van der Waals surface area contributed by atoms with Gasteiger partial charge in [-0.15, -0.1) is 0 Å². The van der Waals surface area contributed by atoms with Crippen LogP contribution in [0.3, 0.4) is 0 Å². The largest absolute Gasteiger partial charge is 0.381 e. The van der Waals surface area contributed by atoms with Gasteiger partial charge in [0.25, 0.3) is 5.91 Å². The van der Waals surface area contributed by atoms with Crippen molar-refractivity contribution >= 4 is 5.91 Å². The van der Waals surface area contributed by atoms with Crippen LogP contribution >= 0.6 is 0 Å². The van der Waals surface area contributed by atoms with Crippen LogP contribution in [0.25, 0.3) is 0 Å². The Bertz CT molecular complexity index is 163. The Labute approximate surface area is 60.5 Å². The molecular weight excluding hydrogens is 128 g/mol. The van der Waals surface area contributed by atoms with E-state index in [1.165, 1.54) is 0 Å². The molecule has 0 bridgehead atoms. The van der Waals surface area contributed by atoms with Crippen LogP contribution < -0.4 is 10.6 Å². The van der Waals surface area contributed by atoms with Crippen molar-refractivity contribution in [3.63, 3.8) is 0 Å². The Morgan fingerprint density at radius 2 is 2.60 bits per heavy atom. The first-order valence-corrected chi connectivity index (χ1v) is 3.50. The van der Waals surface area contributed by atoms with E-state index in [0.717, 1.165) is 19.4 Å². The molecule has 0 aromatic carbocycles. The van der Waals surface area contributed by atoms with Gasteiger partial charge in [-0.2, -0.15) is 0 Å². The molecule has 0 spiro atoms. The molecule has 2 N–H and O–H groups in total. The predicted octanol–water partition coefficient (Wildman–Crippen LogP) is -0.000300. The van der Waals surface area contributed by atoms with Gasteiger partial charge in [-0.1, -0.05) is 6.08 Å². The topological polar surface area (TPSA) is 41.1 Å². The highest BCUT2D eigenvalue weighted by molar-refractivity contribution is 5.92. The van der Waals surface area contributed by atoms with Gasteiger partial charge in [0.15, 0.2) is 0 Å². The first kappa shape index (κ1) is 7.12. The number of carbonyl (C=O) groups is 1. The van der Waals surface area contributed by atoms with Gasteiger partial charge in [0.1, 0.15) is 0 Å². The Kier molecular flexibility index (Phi) is 2.31. The third-order valence-corrected chi connectivity index (χ3v) is 1.52. The zero-order valence-corrected chi connectivity index (χ0v) is 6.11. The predicted molar refractivity (Wildman–Crippen MR) is 39.4 cm³/mol. The fourth-order valence-corrected chi connectivity index (χ4v) is 0.951. The molecule has 0 aromatic rings. The number of hydrogen-bond acceptors (Lipinski definition) is 2. The first-order valence-electron chi connectivity index (χ1n) is 3.50. The van der Waals surface area contributed by atoms with E-state index >= 15 is 0 Å². The summed E-state index contributed by atoms with van der Waals surface area (Å²) in [4.78, 5) is 10.9. The van der Waals surface area contributed by atoms with Gasteiger partial charge in [0.2, 0.25) is 0 Å². The Balaban J connectivity index is 2.53. The maximum atomic E-state index is 10.9. The summed E-state index contributed by atoms with van der Waals surface area (Å²) in [5.74, 6) is -0.0142. The third-order valence-electron chi connectivity index (χ3n) is 1.52. The second-order valence-corrected chi connectivity index (χ2v) is 2.27. The first-order chi connectivity index (χ1) is 4.84. The van der Waals surface area contributed by atoms with E-state index in [1.54, 1.807) is 7.05 Å². The molecule has 0 radical (unpaired) electrons. The summed E-state index contributed by atoms with van der Waals surface area (Å²) < 4.78 is 0. The Morgan fingerprint density at radius 3 is 3.10 bits per heavy atom. The van der Waals surface area contributed by atoms with E-state index in [1.807, 2.05) is 6.08 Å². The van der Waals surface area contributed by atoms with Gasteiger partial charge in [-0.3, -0.25) is 4.79 Å². The molecule has 1 aliphatic rings. The second-order valence-electron chi connectivity index (χ2n) is 2.27. The van der Waals surface area contributed by atoms with E-state index in [-0.39, 0.29) is 5.91 Å². The van der Waals surface area contributed by atoms with Gasteiger partial charge in [-0.05, 0) is 12.8 Å². The van der Waals surface area contributed by atoms with Crippen LogP contribution in [-0.4, -0.2) is 19.5 Å². The van der Waals surface area contributed by atoms with Crippen molar-refractivity contribution in [1.29, 1.82) is 0 Å². The zero-order valence-electron chi connectivity index (χ0n) is 6.11. The van der Waals surface area contributed by atoms with Crippen molar-refractivity contribution in [2.45, 2.75) is 12.8 Å². The van der Waals surface area contributed by atoms with E-state index in [0.29, 0.717) is 5.70 Å². The van der Waals surface area contributed by atoms with E-state index in [9.17, 15) is 4.79 Å². The monoisotopic (exact) mass is 140 g/mol. The van der Waals surface area contributed by atoms with Crippen LogP contribution in [0.4, 0.5) is 0 Å². The smallest absolute Gasteiger partial charge is 0.266 e. The molecule has 0 atom stereocenters. The molecule has 0 fully saturated rings. The van der Waals surface area contributed by atoms with Gasteiger partial charge in [-0.25, -0.2) is 0 Å². The van der Waals surface area contributed by atoms with Crippen LogP contribution in [0.15, 0.2) is 11.8 Å². The molecule has 0 aromatic heterocycles. The third kappa shape index (κ3) is 1.50. The van der Waals surface area contributed by atoms with Crippen molar-refractivity contribution in [2.75, 3.05) is 13.6 Å². The lowest BCUT2D eigenvalue weighted by Gasteiger charge is -2.13. The van der Waals surface area contributed by atoms with Gasteiger partial charge in [0, 0.05) is 13.6 Å². The summed E-state index contributed by atoms with van der Waals surface area (Å²) in [7, 11) is 1.64. The van der Waals surface area contributed by atoms with Crippen molar-refractivity contribution in [1.82, 2.24) is 10.6 Å². The highest BCUT2D eigenvalue weighted by atomic mass is 16.1. The zero-order chi connectivity index (χ0) is 7.40. The molecule has 3 heteroatoms.